The number of pyridine rings is 1. The molecule has 2 fully saturated rings. The number of piperidine rings is 1. The lowest BCUT2D eigenvalue weighted by molar-refractivity contribution is -0.144. The summed E-state index contributed by atoms with van der Waals surface area (Å²) in [6.07, 6.45) is 11.8. The number of nitrogens with zero attached hydrogens (tertiary/aromatic N) is 4. The van der Waals surface area contributed by atoms with Crippen LogP contribution >= 0.6 is 11.3 Å². The summed E-state index contributed by atoms with van der Waals surface area (Å²) in [5.74, 6) is -1.04. The first-order valence-electron chi connectivity index (χ1n) is 24.2. The van der Waals surface area contributed by atoms with Gasteiger partial charge in [0.05, 0.1) is 28.2 Å². The van der Waals surface area contributed by atoms with Crippen LogP contribution in [0.4, 0.5) is 0 Å². The molecule has 2 aromatic heterocycles. The maximum atomic E-state index is 14.1. The Morgan fingerprint density at radius 3 is 2.25 bits per heavy atom. The lowest BCUT2D eigenvalue weighted by atomic mass is 9.85. The van der Waals surface area contributed by atoms with Crippen molar-refractivity contribution in [2.45, 2.75) is 117 Å². The molecule has 0 unspecified atom stereocenters. The van der Waals surface area contributed by atoms with E-state index in [1.807, 2.05) is 81.4 Å². The Labute approximate surface area is 410 Å². The Hall–Kier alpha value is -6.26. The van der Waals surface area contributed by atoms with E-state index in [1.54, 1.807) is 54.1 Å². The number of aromatic nitrogens is 2. The van der Waals surface area contributed by atoms with E-state index in [4.69, 9.17) is 0 Å². The van der Waals surface area contributed by atoms with Crippen molar-refractivity contribution in [3.8, 4) is 10.4 Å². The van der Waals surface area contributed by atoms with Crippen LogP contribution in [0, 0.1) is 18.3 Å². The molecule has 2 aromatic carbocycles. The van der Waals surface area contributed by atoms with Crippen LogP contribution in [0.25, 0.3) is 16.5 Å². The van der Waals surface area contributed by atoms with E-state index in [1.165, 1.54) is 11.0 Å². The second-order valence-electron chi connectivity index (χ2n) is 19.3. The molecule has 15 nitrogen and oxygen atoms in total. The van der Waals surface area contributed by atoms with Crippen molar-refractivity contribution in [1.82, 2.24) is 41.0 Å². The van der Waals surface area contributed by atoms with Crippen molar-refractivity contribution in [3.63, 3.8) is 0 Å². The van der Waals surface area contributed by atoms with Crippen LogP contribution in [-0.2, 0) is 19.2 Å². The van der Waals surface area contributed by atoms with Gasteiger partial charge in [0, 0.05) is 75.2 Å². The lowest BCUT2D eigenvalue weighted by Crippen LogP contribution is -2.57. The van der Waals surface area contributed by atoms with Crippen molar-refractivity contribution in [1.29, 1.82) is 0 Å². The summed E-state index contributed by atoms with van der Waals surface area (Å²) in [5, 5.41) is 22.4. The molecule has 2 aliphatic rings. The number of nitrogens with one attached hydrogen (secondary N) is 4. The number of carbonyl (C=O) groups excluding carboxylic acids is 6. The zero-order chi connectivity index (χ0) is 49.5. The number of hydrogen-bond donors (Lipinski definition) is 5. The van der Waals surface area contributed by atoms with Gasteiger partial charge < -0.3 is 36.2 Å². The molecule has 0 spiro atoms. The second kappa shape index (κ2) is 24.9. The first-order chi connectivity index (χ1) is 33.1. The van der Waals surface area contributed by atoms with Gasteiger partial charge >= 0.3 is 0 Å². The molecule has 5 N–H and O–H groups in total. The molecular formula is C53H68N8O7S. The highest BCUT2D eigenvalue weighted by molar-refractivity contribution is 7.13. The average Bonchev–Trinajstić information content (AvgIpc) is 3.97. The number of β-amino-alcohol motifs (C(OH)–C–C–N with tert-alkyl or cyclic N) is 1. The van der Waals surface area contributed by atoms with Crippen molar-refractivity contribution < 1.29 is 33.9 Å². The van der Waals surface area contributed by atoms with Gasteiger partial charge in [0.2, 0.25) is 23.6 Å². The third kappa shape index (κ3) is 15.1. The number of aryl methyl sites for hydroxylation is 1. The summed E-state index contributed by atoms with van der Waals surface area (Å²) in [6.45, 7) is 11.7. The number of hydrogen-bond acceptors (Lipinski definition) is 10. The van der Waals surface area contributed by atoms with Gasteiger partial charge in [-0.05, 0) is 110 Å². The van der Waals surface area contributed by atoms with E-state index in [0.717, 1.165) is 59.4 Å². The summed E-state index contributed by atoms with van der Waals surface area (Å²) < 4.78 is 0. The Morgan fingerprint density at radius 2 is 1.58 bits per heavy atom. The van der Waals surface area contributed by atoms with Gasteiger partial charge in [-0.3, -0.25) is 33.8 Å². The number of likely N-dealkylation sites (tertiary alicyclic amines) is 2. The third-order valence-electron chi connectivity index (χ3n) is 12.9. The topological polar surface area (TPSA) is 203 Å². The van der Waals surface area contributed by atoms with E-state index in [2.05, 4.69) is 31.2 Å². The van der Waals surface area contributed by atoms with Gasteiger partial charge in [-0.15, -0.1) is 11.3 Å². The Bertz CT molecular complexity index is 2390. The van der Waals surface area contributed by atoms with E-state index in [9.17, 15) is 33.9 Å². The molecule has 16 heteroatoms. The Kier molecular flexibility index (Phi) is 18.8. The van der Waals surface area contributed by atoms with Crippen molar-refractivity contribution in [3.05, 3.63) is 113 Å². The van der Waals surface area contributed by atoms with Gasteiger partial charge in [-0.1, -0.05) is 63.9 Å². The van der Waals surface area contributed by atoms with Gasteiger partial charge in [0.1, 0.15) is 12.1 Å². The van der Waals surface area contributed by atoms with Crippen LogP contribution in [0.5, 0.6) is 0 Å². The smallest absolute Gasteiger partial charge is 0.253 e. The monoisotopic (exact) mass is 960 g/mol. The Morgan fingerprint density at radius 1 is 0.884 bits per heavy atom. The number of amides is 6. The van der Waals surface area contributed by atoms with Crippen LogP contribution in [0.1, 0.15) is 129 Å². The van der Waals surface area contributed by atoms with E-state index in [0.29, 0.717) is 56.1 Å². The summed E-state index contributed by atoms with van der Waals surface area (Å²) >= 11 is 1.57. The largest absolute Gasteiger partial charge is 0.391 e. The molecule has 0 saturated carbocycles. The Balaban J connectivity index is 0.869. The molecule has 0 radical (unpaired) electrons. The molecule has 2 aliphatic heterocycles. The van der Waals surface area contributed by atoms with Gasteiger partial charge in [0.15, 0.2) is 0 Å². The molecule has 6 amide bonds. The summed E-state index contributed by atoms with van der Waals surface area (Å²) in [7, 11) is 0. The number of unbranched alkanes of at least 4 members (excludes halogenated alkanes) is 2. The summed E-state index contributed by atoms with van der Waals surface area (Å²) in [4.78, 5) is 92.1. The fourth-order valence-electron chi connectivity index (χ4n) is 8.81. The van der Waals surface area contributed by atoms with E-state index < -0.39 is 29.5 Å². The van der Waals surface area contributed by atoms with E-state index >= 15 is 0 Å². The average molecular weight is 961 g/mol. The molecule has 0 aliphatic carbocycles. The number of aliphatic hydroxyl groups is 1. The maximum absolute atomic E-state index is 14.1. The number of carbonyl (C=O) groups is 6. The normalized spacial score (nSPS) is 17.3. The molecular weight excluding hydrogens is 893 g/mol. The van der Waals surface area contributed by atoms with E-state index in [-0.39, 0.29) is 55.0 Å². The van der Waals surface area contributed by atoms with Crippen LogP contribution in [-0.4, -0.2) is 111 Å². The summed E-state index contributed by atoms with van der Waals surface area (Å²) in [6, 6.07) is 16.1. The standard InChI is InChI=1S/C53H68N8O7S/c1-35(39-15-17-40(18-16-39)47-36(2)57-34-69-47)58-50(66)44-31-43(62)33-61(44)52(68)48(53(3,4)5)59-46(64)13-7-9-28-56-49(65)41-19-21-42(22-20-41)51(67)60-29-24-37(25-30-60)11-6-8-27-55-45(63)23-14-38-12-10-26-54-32-38/h10,12,14-23,26,32,34-35,37,43-44,48,62H,6-9,11,13,24-25,27-31,33H2,1-5H3,(H,55,63)(H,56,65)(H,58,66)(H,59,64)/b23-14+/t35-,43+,44-,48+/m0/s1. The molecule has 4 aromatic rings. The summed E-state index contributed by atoms with van der Waals surface area (Å²) in [5.41, 5.74) is 5.86. The SMILES string of the molecule is Cc1ncsc1-c1ccc([C@H](C)NC(=O)[C@@H]2C[C@@H](O)CN2C(=O)[C@@H](NC(=O)CCCCNC(=O)c2ccc(C(=O)N3CCC(CCCCNC(=O)/C=C/c4cccnc4)CC3)cc2)C(C)(C)C)cc1. The fraction of sp³-hybridized carbons (Fsp3) is 0.472. The lowest BCUT2D eigenvalue weighted by Gasteiger charge is -2.35. The molecule has 4 heterocycles. The second-order valence-corrected chi connectivity index (χ2v) is 20.2. The number of aliphatic hydroxyl groups excluding tert-OH is 1. The van der Waals surface area contributed by atoms with Crippen LogP contribution in [0.15, 0.2) is 84.6 Å². The van der Waals surface area contributed by atoms with Crippen LogP contribution in [0.2, 0.25) is 0 Å². The predicted octanol–water partition coefficient (Wildman–Crippen LogP) is 6.64. The highest BCUT2D eigenvalue weighted by Gasteiger charge is 2.44. The molecule has 6 rings (SSSR count). The van der Waals surface area contributed by atoms with Gasteiger partial charge in [-0.25, -0.2) is 4.98 Å². The number of benzene rings is 2. The third-order valence-corrected chi connectivity index (χ3v) is 13.9. The molecule has 4 atom stereocenters. The fourth-order valence-corrected chi connectivity index (χ4v) is 9.62. The zero-order valence-corrected chi connectivity index (χ0v) is 41.4. The predicted molar refractivity (Wildman–Crippen MR) is 268 cm³/mol. The minimum Gasteiger partial charge on any atom is -0.391 e. The van der Waals surface area contributed by atoms with Gasteiger partial charge in [-0.2, -0.15) is 0 Å². The minimum absolute atomic E-state index is 0.0193. The van der Waals surface area contributed by atoms with Gasteiger partial charge in [0.25, 0.3) is 11.8 Å². The van der Waals surface area contributed by atoms with Crippen molar-refractivity contribution in [2.24, 2.45) is 11.3 Å². The first kappa shape index (κ1) is 52.1. The molecule has 368 valence electrons. The first-order valence-corrected chi connectivity index (χ1v) is 25.1. The van der Waals surface area contributed by atoms with Crippen LogP contribution in [0.3, 0.4) is 0 Å². The number of rotatable bonds is 20. The highest BCUT2D eigenvalue weighted by Crippen LogP contribution is 2.30. The number of thiazole rings is 1. The van der Waals surface area contributed by atoms with Crippen molar-refractivity contribution in [2.75, 3.05) is 32.7 Å². The highest BCUT2D eigenvalue weighted by atomic mass is 32.1. The maximum Gasteiger partial charge on any atom is 0.253 e. The minimum atomic E-state index is -0.942. The molecule has 2 saturated heterocycles. The van der Waals surface area contributed by atoms with Crippen molar-refractivity contribution >= 4 is 52.9 Å². The quantitative estimate of drug-likeness (QED) is 0.0476. The zero-order valence-electron chi connectivity index (χ0n) is 40.5. The van der Waals surface area contributed by atoms with Crippen LogP contribution < -0.4 is 21.3 Å². The molecule has 69 heavy (non-hydrogen) atoms. The molecule has 0 bridgehead atoms.